The smallest absolute Gasteiger partial charge is 0.254 e. The Morgan fingerprint density at radius 1 is 1.25 bits per heavy atom. The molecule has 130 valence electrons. The first-order valence-corrected chi connectivity index (χ1v) is 8.94. The molecule has 0 radical (unpaired) electrons. The standard InChI is InChI=1S/C19H27N3O2/c1-19(9-11-20-12-10-19)14-21-17(23)16-8-5-13-22(16)18(24)15-6-3-2-4-7-15/h2-4,6-7,16,20H,5,8-14H2,1H3,(H,21,23). The van der Waals surface area contributed by atoms with E-state index in [9.17, 15) is 9.59 Å². The second-order valence-electron chi connectivity index (χ2n) is 7.30. The molecule has 1 aromatic carbocycles. The summed E-state index contributed by atoms with van der Waals surface area (Å²) < 4.78 is 0. The summed E-state index contributed by atoms with van der Waals surface area (Å²) in [5.74, 6) is -0.0436. The molecule has 2 fully saturated rings. The van der Waals surface area contributed by atoms with E-state index in [4.69, 9.17) is 0 Å². The van der Waals surface area contributed by atoms with Crippen molar-refractivity contribution in [1.29, 1.82) is 0 Å². The first-order valence-electron chi connectivity index (χ1n) is 8.94. The van der Waals surface area contributed by atoms with E-state index in [-0.39, 0.29) is 23.3 Å². The maximum absolute atomic E-state index is 12.7. The van der Waals surface area contributed by atoms with E-state index in [1.165, 1.54) is 0 Å². The highest BCUT2D eigenvalue weighted by atomic mass is 16.2. The lowest BCUT2D eigenvalue weighted by Crippen LogP contribution is -2.49. The summed E-state index contributed by atoms with van der Waals surface area (Å²) in [5, 5.41) is 6.47. The zero-order valence-electron chi connectivity index (χ0n) is 14.4. The lowest BCUT2D eigenvalue weighted by molar-refractivity contribution is -0.125. The van der Waals surface area contributed by atoms with Gasteiger partial charge >= 0.3 is 0 Å². The van der Waals surface area contributed by atoms with Gasteiger partial charge in [0.05, 0.1) is 0 Å². The highest BCUT2D eigenvalue weighted by Crippen LogP contribution is 2.27. The van der Waals surface area contributed by atoms with Gasteiger partial charge in [-0.2, -0.15) is 0 Å². The van der Waals surface area contributed by atoms with Crippen LogP contribution in [0.3, 0.4) is 0 Å². The number of nitrogens with one attached hydrogen (secondary N) is 2. The molecule has 2 amide bonds. The molecule has 5 heteroatoms. The number of rotatable bonds is 4. The highest BCUT2D eigenvalue weighted by Gasteiger charge is 2.35. The van der Waals surface area contributed by atoms with Crippen molar-refractivity contribution in [3.05, 3.63) is 35.9 Å². The Kier molecular flexibility index (Phi) is 5.19. The Hall–Kier alpha value is -1.88. The van der Waals surface area contributed by atoms with Gasteiger partial charge in [0.1, 0.15) is 6.04 Å². The Bertz CT molecular complexity index is 582. The van der Waals surface area contributed by atoms with Crippen LogP contribution in [0, 0.1) is 5.41 Å². The topological polar surface area (TPSA) is 61.4 Å². The zero-order chi connectivity index (χ0) is 17.0. The fraction of sp³-hybridized carbons (Fsp3) is 0.579. The van der Waals surface area contributed by atoms with Crippen LogP contribution in [0.5, 0.6) is 0 Å². The molecule has 24 heavy (non-hydrogen) atoms. The van der Waals surface area contributed by atoms with Gasteiger partial charge in [0.15, 0.2) is 0 Å². The maximum Gasteiger partial charge on any atom is 0.254 e. The van der Waals surface area contributed by atoms with Gasteiger partial charge < -0.3 is 15.5 Å². The first-order chi connectivity index (χ1) is 11.6. The quantitative estimate of drug-likeness (QED) is 0.885. The normalized spacial score (nSPS) is 23.0. The predicted octanol–water partition coefficient (Wildman–Crippen LogP) is 1.80. The number of benzene rings is 1. The van der Waals surface area contributed by atoms with Crippen LogP contribution in [-0.4, -0.2) is 48.9 Å². The molecule has 0 saturated carbocycles. The third-order valence-electron chi connectivity index (χ3n) is 5.34. The van der Waals surface area contributed by atoms with Gasteiger partial charge in [0.25, 0.3) is 5.91 Å². The van der Waals surface area contributed by atoms with Crippen molar-refractivity contribution in [3.8, 4) is 0 Å². The van der Waals surface area contributed by atoms with Crippen molar-refractivity contribution in [2.75, 3.05) is 26.2 Å². The molecule has 0 bridgehead atoms. The molecular weight excluding hydrogens is 302 g/mol. The van der Waals surface area contributed by atoms with E-state index in [2.05, 4.69) is 17.6 Å². The number of likely N-dealkylation sites (tertiary alicyclic amines) is 1. The van der Waals surface area contributed by atoms with Gasteiger partial charge in [-0.15, -0.1) is 0 Å². The van der Waals surface area contributed by atoms with Crippen molar-refractivity contribution in [2.45, 2.75) is 38.6 Å². The number of nitrogens with zero attached hydrogens (tertiary/aromatic N) is 1. The summed E-state index contributed by atoms with van der Waals surface area (Å²) in [6, 6.07) is 8.90. The third kappa shape index (κ3) is 3.78. The van der Waals surface area contributed by atoms with Gasteiger partial charge in [0.2, 0.25) is 5.91 Å². The maximum atomic E-state index is 12.7. The Morgan fingerprint density at radius 2 is 1.96 bits per heavy atom. The number of piperidine rings is 1. The van der Waals surface area contributed by atoms with E-state index >= 15 is 0 Å². The summed E-state index contributed by atoms with van der Waals surface area (Å²) in [5.41, 5.74) is 0.816. The second kappa shape index (κ2) is 7.34. The van der Waals surface area contributed by atoms with Crippen molar-refractivity contribution < 1.29 is 9.59 Å². The van der Waals surface area contributed by atoms with Crippen molar-refractivity contribution in [1.82, 2.24) is 15.5 Å². The van der Waals surface area contributed by atoms with E-state index in [1.54, 1.807) is 4.90 Å². The molecule has 1 unspecified atom stereocenters. The molecule has 0 aliphatic carbocycles. The SMILES string of the molecule is CC1(CNC(=O)C2CCCN2C(=O)c2ccccc2)CCNCC1. The Morgan fingerprint density at radius 3 is 2.67 bits per heavy atom. The first kappa shape index (κ1) is 17.0. The van der Waals surface area contributed by atoms with Gasteiger partial charge in [-0.05, 0) is 56.3 Å². The van der Waals surface area contributed by atoms with Crippen LogP contribution in [0.4, 0.5) is 0 Å². The van der Waals surface area contributed by atoms with Crippen LogP contribution >= 0.6 is 0 Å². The van der Waals surface area contributed by atoms with Crippen LogP contribution < -0.4 is 10.6 Å². The average molecular weight is 329 g/mol. The number of hydrogen-bond acceptors (Lipinski definition) is 3. The Balaban J connectivity index is 1.60. The molecule has 2 heterocycles. The summed E-state index contributed by atoms with van der Waals surface area (Å²) in [7, 11) is 0. The van der Waals surface area contributed by atoms with Crippen LogP contribution in [-0.2, 0) is 4.79 Å². The minimum atomic E-state index is -0.331. The molecule has 3 rings (SSSR count). The zero-order valence-corrected chi connectivity index (χ0v) is 14.4. The Labute approximate surface area is 143 Å². The van der Waals surface area contributed by atoms with Gasteiger partial charge in [0, 0.05) is 18.7 Å². The van der Waals surface area contributed by atoms with Gasteiger partial charge in [-0.3, -0.25) is 9.59 Å². The summed E-state index contributed by atoms with van der Waals surface area (Å²) in [4.78, 5) is 27.1. The summed E-state index contributed by atoms with van der Waals surface area (Å²) >= 11 is 0. The van der Waals surface area contributed by atoms with Crippen molar-refractivity contribution >= 4 is 11.8 Å². The molecule has 2 N–H and O–H groups in total. The average Bonchev–Trinajstić information content (AvgIpc) is 3.10. The lowest BCUT2D eigenvalue weighted by atomic mass is 9.81. The number of carbonyl (C=O) groups is 2. The molecule has 1 aromatic rings. The van der Waals surface area contributed by atoms with E-state index in [1.807, 2.05) is 30.3 Å². The lowest BCUT2D eigenvalue weighted by Gasteiger charge is -2.35. The molecule has 2 saturated heterocycles. The van der Waals surface area contributed by atoms with E-state index < -0.39 is 0 Å². The highest BCUT2D eigenvalue weighted by molar-refractivity contribution is 5.97. The van der Waals surface area contributed by atoms with Gasteiger partial charge in [-0.25, -0.2) is 0 Å². The molecule has 5 nitrogen and oxygen atoms in total. The minimum absolute atomic E-state index is 0.00320. The van der Waals surface area contributed by atoms with E-state index in [0.717, 1.165) is 38.8 Å². The van der Waals surface area contributed by atoms with Crippen molar-refractivity contribution in [2.24, 2.45) is 5.41 Å². The third-order valence-corrected chi connectivity index (χ3v) is 5.34. The van der Waals surface area contributed by atoms with E-state index in [0.29, 0.717) is 18.7 Å². The molecule has 0 aromatic heterocycles. The second-order valence-corrected chi connectivity index (χ2v) is 7.30. The molecule has 1 atom stereocenters. The predicted molar refractivity (Wildman–Crippen MR) is 93.7 cm³/mol. The van der Waals surface area contributed by atoms with Gasteiger partial charge in [-0.1, -0.05) is 25.1 Å². The largest absolute Gasteiger partial charge is 0.354 e. The summed E-state index contributed by atoms with van der Waals surface area (Å²) in [6.45, 7) is 5.60. The number of amides is 2. The minimum Gasteiger partial charge on any atom is -0.354 e. The molecule has 2 aliphatic heterocycles. The monoisotopic (exact) mass is 329 g/mol. The molecular formula is C19H27N3O2. The van der Waals surface area contributed by atoms with Crippen LogP contribution in [0.25, 0.3) is 0 Å². The fourth-order valence-electron chi connectivity index (χ4n) is 3.65. The van der Waals surface area contributed by atoms with Crippen LogP contribution in [0.1, 0.15) is 43.0 Å². The van der Waals surface area contributed by atoms with Crippen LogP contribution in [0.15, 0.2) is 30.3 Å². The van der Waals surface area contributed by atoms with Crippen molar-refractivity contribution in [3.63, 3.8) is 0 Å². The van der Waals surface area contributed by atoms with Crippen LogP contribution in [0.2, 0.25) is 0 Å². The number of carbonyl (C=O) groups excluding carboxylic acids is 2. The summed E-state index contributed by atoms with van der Waals surface area (Å²) in [6.07, 6.45) is 3.79. The molecule has 2 aliphatic rings. The fourth-order valence-corrected chi connectivity index (χ4v) is 3.65. The molecule has 0 spiro atoms. The number of hydrogen-bond donors (Lipinski definition) is 2.